The number of morpholine rings is 1. The number of aromatic amines is 1. The number of nitrogens with one attached hydrogen (secondary N) is 2. The van der Waals surface area contributed by atoms with Crippen molar-refractivity contribution in [1.82, 2.24) is 20.4 Å². The van der Waals surface area contributed by atoms with Gasteiger partial charge >= 0.3 is 0 Å². The number of nitrogens with zero attached hydrogens (tertiary/aromatic N) is 2. The Morgan fingerprint density at radius 3 is 2.84 bits per heavy atom. The summed E-state index contributed by atoms with van der Waals surface area (Å²) >= 11 is 6.01. The van der Waals surface area contributed by atoms with Crippen LogP contribution < -0.4 is 5.32 Å². The topological polar surface area (TPSA) is 70.2 Å². The fourth-order valence-electron chi connectivity index (χ4n) is 2.91. The van der Waals surface area contributed by atoms with E-state index in [9.17, 15) is 4.79 Å². The molecule has 0 unspecified atom stereocenters. The quantitative estimate of drug-likeness (QED) is 0.857. The molecule has 2 aromatic rings. The molecule has 2 heterocycles. The maximum absolute atomic E-state index is 12.4. The lowest BCUT2D eigenvalue weighted by atomic mass is 10.0. The van der Waals surface area contributed by atoms with Gasteiger partial charge in [0, 0.05) is 35.8 Å². The molecule has 25 heavy (non-hydrogen) atoms. The van der Waals surface area contributed by atoms with E-state index in [1.165, 1.54) is 0 Å². The molecule has 0 spiro atoms. The molecule has 1 aromatic heterocycles. The van der Waals surface area contributed by atoms with Gasteiger partial charge in [-0.1, -0.05) is 23.7 Å². The van der Waals surface area contributed by atoms with Gasteiger partial charge in [0.15, 0.2) is 0 Å². The second kappa shape index (κ2) is 7.56. The molecule has 3 rings (SSSR count). The fraction of sp³-hybridized carbons (Fsp3) is 0.444. The summed E-state index contributed by atoms with van der Waals surface area (Å²) in [6.45, 7) is 8.04. The molecule has 134 valence electrons. The maximum Gasteiger partial charge on any atom is 0.269 e. The van der Waals surface area contributed by atoms with Crippen LogP contribution in [0.15, 0.2) is 30.3 Å². The Hall–Kier alpha value is -1.89. The molecule has 0 saturated carbocycles. The number of halogens is 1. The van der Waals surface area contributed by atoms with Crippen LogP contribution in [0, 0.1) is 0 Å². The Kier molecular flexibility index (Phi) is 5.42. The number of benzene rings is 1. The van der Waals surface area contributed by atoms with E-state index >= 15 is 0 Å². The molecule has 1 aliphatic rings. The van der Waals surface area contributed by atoms with Gasteiger partial charge in [0.1, 0.15) is 5.69 Å². The van der Waals surface area contributed by atoms with Gasteiger partial charge in [0.25, 0.3) is 5.91 Å². The van der Waals surface area contributed by atoms with Crippen LogP contribution in [0.3, 0.4) is 0 Å². The normalized spacial score (nSPS) is 16.0. The average Bonchev–Trinajstić information content (AvgIpc) is 3.11. The molecule has 0 aliphatic carbocycles. The summed E-state index contributed by atoms with van der Waals surface area (Å²) in [4.78, 5) is 14.8. The second-order valence-electron chi connectivity index (χ2n) is 6.77. The molecule has 1 fully saturated rings. The molecule has 1 aromatic carbocycles. The van der Waals surface area contributed by atoms with Crippen molar-refractivity contribution >= 4 is 17.5 Å². The summed E-state index contributed by atoms with van der Waals surface area (Å²) < 4.78 is 5.39. The SMILES string of the molecule is CC(C)(CNC(=O)c1cc(-c2cccc(Cl)c2)n[nH]1)N1CCOCC1. The third-order valence-electron chi connectivity index (χ3n) is 4.49. The molecule has 1 aliphatic heterocycles. The van der Waals surface area contributed by atoms with E-state index in [4.69, 9.17) is 16.3 Å². The second-order valence-corrected chi connectivity index (χ2v) is 7.21. The molecule has 1 amide bonds. The van der Waals surface area contributed by atoms with Crippen LogP contribution in [0.4, 0.5) is 0 Å². The minimum atomic E-state index is -0.165. The van der Waals surface area contributed by atoms with Gasteiger partial charge in [-0.3, -0.25) is 14.8 Å². The predicted molar refractivity (Wildman–Crippen MR) is 97.8 cm³/mol. The van der Waals surface area contributed by atoms with Gasteiger partial charge in [-0.05, 0) is 32.0 Å². The first-order chi connectivity index (χ1) is 12.0. The zero-order chi connectivity index (χ0) is 17.9. The highest BCUT2D eigenvalue weighted by atomic mass is 35.5. The molecule has 1 saturated heterocycles. The molecule has 0 atom stereocenters. The molecule has 2 N–H and O–H groups in total. The monoisotopic (exact) mass is 362 g/mol. The van der Waals surface area contributed by atoms with Gasteiger partial charge in [-0.25, -0.2) is 0 Å². The summed E-state index contributed by atoms with van der Waals surface area (Å²) in [7, 11) is 0. The maximum atomic E-state index is 12.4. The first kappa shape index (κ1) is 17.9. The van der Waals surface area contributed by atoms with Crippen molar-refractivity contribution in [3.05, 3.63) is 41.0 Å². The van der Waals surface area contributed by atoms with Crippen LogP contribution in [0.5, 0.6) is 0 Å². The lowest BCUT2D eigenvalue weighted by molar-refractivity contribution is -0.00924. The number of ether oxygens (including phenoxy) is 1. The van der Waals surface area contributed by atoms with Crippen LogP contribution >= 0.6 is 11.6 Å². The highest BCUT2D eigenvalue weighted by Gasteiger charge is 2.28. The third kappa shape index (κ3) is 4.39. The van der Waals surface area contributed by atoms with E-state index in [2.05, 4.69) is 34.3 Å². The van der Waals surface area contributed by atoms with E-state index < -0.39 is 0 Å². The molecule has 6 nitrogen and oxygen atoms in total. The van der Waals surface area contributed by atoms with Crippen molar-refractivity contribution in [3.63, 3.8) is 0 Å². The highest BCUT2D eigenvalue weighted by Crippen LogP contribution is 2.21. The smallest absolute Gasteiger partial charge is 0.269 e. The molecular weight excluding hydrogens is 340 g/mol. The minimum Gasteiger partial charge on any atom is -0.379 e. The van der Waals surface area contributed by atoms with Crippen LogP contribution in [0.2, 0.25) is 5.02 Å². The Balaban J connectivity index is 1.62. The Morgan fingerprint density at radius 2 is 2.12 bits per heavy atom. The summed E-state index contributed by atoms with van der Waals surface area (Å²) in [5.74, 6) is -0.165. The molecule has 0 radical (unpaired) electrons. The molecule has 7 heteroatoms. The number of carbonyl (C=O) groups excluding carboxylic acids is 1. The van der Waals surface area contributed by atoms with E-state index in [0.29, 0.717) is 23.0 Å². The first-order valence-electron chi connectivity index (χ1n) is 8.38. The van der Waals surface area contributed by atoms with Gasteiger partial charge < -0.3 is 10.1 Å². The van der Waals surface area contributed by atoms with Crippen LogP contribution in [0.25, 0.3) is 11.3 Å². The Morgan fingerprint density at radius 1 is 1.36 bits per heavy atom. The number of H-pyrrole nitrogens is 1. The number of carbonyl (C=O) groups is 1. The van der Waals surface area contributed by atoms with E-state index in [0.717, 1.165) is 31.9 Å². The lowest BCUT2D eigenvalue weighted by Crippen LogP contribution is -2.55. The van der Waals surface area contributed by atoms with Crippen molar-refractivity contribution in [2.75, 3.05) is 32.8 Å². The zero-order valence-electron chi connectivity index (χ0n) is 14.5. The first-order valence-corrected chi connectivity index (χ1v) is 8.76. The van der Waals surface area contributed by atoms with Gasteiger partial charge in [-0.15, -0.1) is 0 Å². The predicted octanol–water partition coefficient (Wildman–Crippen LogP) is 2.57. The van der Waals surface area contributed by atoms with Crippen molar-refractivity contribution in [1.29, 1.82) is 0 Å². The van der Waals surface area contributed by atoms with Crippen molar-refractivity contribution < 1.29 is 9.53 Å². The number of aromatic nitrogens is 2. The van der Waals surface area contributed by atoms with Crippen LogP contribution in [-0.4, -0.2) is 59.4 Å². The summed E-state index contributed by atoms with van der Waals surface area (Å²) in [6, 6.07) is 9.13. The van der Waals surface area contributed by atoms with Gasteiger partial charge in [0.2, 0.25) is 0 Å². The van der Waals surface area contributed by atoms with Crippen molar-refractivity contribution in [3.8, 4) is 11.3 Å². The number of rotatable bonds is 5. The van der Waals surface area contributed by atoms with E-state index in [-0.39, 0.29) is 11.4 Å². The van der Waals surface area contributed by atoms with E-state index in [1.54, 1.807) is 12.1 Å². The van der Waals surface area contributed by atoms with Gasteiger partial charge in [0.05, 0.1) is 18.9 Å². The Bertz CT molecular complexity index is 738. The number of hydrogen-bond donors (Lipinski definition) is 2. The summed E-state index contributed by atoms with van der Waals surface area (Å²) in [6.07, 6.45) is 0. The summed E-state index contributed by atoms with van der Waals surface area (Å²) in [5, 5.41) is 10.6. The standard InChI is InChI=1S/C18H23ClN4O2/c1-18(2,23-6-8-25-9-7-23)12-20-17(24)16-11-15(21-22-16)13-4-3-5-14(19)10-13/h3-5,10-11H,6-9,12H2,1-2H3,(H,20,24)(H,21,22). The highest BCUT2D eigenvalue weighted by molar-refractivity contribution is 6.30. The third-order valence-corrected chi connectivity index (χ3v) is 4.73. The van der Waals surface area contributed by atoms with Crippen LogP contribution in [0.1, 0.15) is 24.3 Å². The average molecular weight is 363 g/mol. The van der Waals surface area contributed by atoms with Crippen molar-refractivity contribution in [2.24, 2.45) is 0 Å². The molecular formula is C18H23ClN4O2. The lowest BCUT2D eigenvalue weighted by Gasteiger charge is -2.40. The fourth-order valence-corrected chi connectivity index (χ4v) is 3.10. The minimum absolute atomic E-state index is 0.130. The zero-order valence-corrected chi connectivity index (χ0v) is 15.3. The number of amides is 1. The van der Waals surface area contributed by atoms with E-state index in [1.807, 2.05) is 18.2 Å². The van der Waals surface area contributed by atoms with Gasteiger partial charge in [-0.2, -0.15) is 5.10 Å². The van der Waals surface area contributed by atoms with Crippen LogP contribution in [-0.2, 0) is 4.74 Å². The van der Waals surface area contributed by atoms with Crippen molar-refractivity contribution in [2.45, 2.75) is 19.4 Å². The molecule has 0 bridgehead atoms. The Labute approximate surface area is 152 Å². The number of hydrogen-bond acceptors (Lipinski definition) is 4. The largest absolute Gasteiger partial charge is 0.379 e. The summed E-state index contributed by atoms with van der Waals surface area (Å²) in [5.41, 5.74) is 1.87.